The molecular weight excluding hydrogens is 707 g/mol. The number of carbonyl (C=O) groups is 2. The minimum atomic E-state index is -0.577. The second-order valence-electron chi connectivity index (χ2n) is 9.93. The van der Waals surface area contributed by atoms with Gasteiger partial charge in [-0.25, -0.2) is 9.59 Å². The maximum absolute atomic E-state index is 13.2. The van der Waals surface area contributed by atoms with Crippen molar-refractivity contribution >= 4 is 34.5 Å². The number of benzene rings is 4. The van der Waals surface area contributed by atoms with Gasteiger partial charge in [0.2, 0.25) is 11.5 Å². The number of esters is 2. The summed E-state index contributed by atoms with van der Waals surface area (Å²) in [6.07, 6.45) is 0. The van der Waals surface area contributed by atoms with Crippen LogP contribution in [-0.2, 0) is 0 Å². The Bertz CT molecular complexity index is 1760. The van der Waals surface area contributed by atoms with E-state index in [4.69, 9.17) is 37.9 Å². The van der Waals surface area contributed by atoms with Crippen molar-refractivity contribution in [1.82, 2.24) is 0 Å². The molecule has 240 valence electrons. The fourth-order valence-electron chi connectivity index (χ4n) is 5.21. The third kappa shape index (κ3) is 6.37. The van der Waals surface area contributed by atoms with Crippen molar-refractivity contribution in [2.75, 3.05) is 41.7 Å². The molecule has 0 N–H and O–H groups in total. The third-order valence-corrected chi connectivity index (χ3v) is 8.61. The Morgan fingerprint density at radius 2 is 1.02 bits per heavy atom. The topological polar surface area (TPSA) is 108 Å². The van der Waals surface area contributed by atoms with E-state index in [0.717, 1.165) is 22.3 Å². The maximum Gasteiger partial charge on any atom is 0.343 e. The van der Waals surface area contributed by atoms with Gasteiger partial charge in [0.15, 0.2) is 23.0 Å². The maximum atomic E-state index is 13.2. The summed E-state index contributed by atoms with van der Waals surface area (Å²) in [5.41, 5.74) is 4.43. The molecule has 0 fully saturated rings. The van der Waals surface area contributed by atoms with E-state index in [1.807, 2.05) is 38.1 Å². The van der Waals surface area contributed by atoms with E-state index in [-0.39, 0.29) is 15.1 Å². The van der Waals surface area contributed by atoms with Crippen LogP contribution in [0.15, 0.2) is 60.7 Å². The Morgan fingerprint density at radius 1 is 0.587 bits per heavy atom. The lowest BCUT2D eigenvalue weighted by molar-refractivity contribution is 0.0724. The molecule has 1 aliphatic rings. The van der Waals surface area contributed by atoms with Gasteiger partial charge in [-0.2, -0.15) is 0 Å². The van der Waals surface area contributed by atoms with Crippen LogP contribution in [0.1, 0.15) is 49.6 Å². The average molecular weight is 741 g/mol. The van der Waals surface area contributed by atoms with E-state index in [9.17, 15) is 9.59 Å². The van der Waals surface area contributed by atoms with Crippen molar-refractivity contribution in [1.29, 1.82) is 0 Å². The number of hydrogen-bond acceptors (Lipinski definition) is 10. The number of rotatable bonds is 12. The zero-order valence-electron chi connectivity index (χ0n) is 26.2. The molecule has 4 aromatic rings. The van der Waals surface area contributed by atoms with Crippen LogP contribution in [-0.4, -0.2) is 53.6 Å². The molecule has 10 nitrogen and oxygen atoms in total. The van der Waals surface area contributed by atoms with Crippen LogP contribution in [0, 0.1) is 0 Å². The van der Waals surface area contributed by atoms with Crippen molar-refractivity contribution in [3.63, 3.8) is 0 Å². The van der Waals surface area contributed by atoms with E-state index in [2.05, 4.69) is 22.6 Å². The molecule has 46 heavy (non-hydrogen) atoms. The molecule has 0 saturated carbocycles. The summed E-state index contributed by atoms with van der Waals surface area (Å²) in [6.45, 7) is 4.50. The predicted molar refractivity (Wildman–Crippen MR) is 179 cm³/mol. The van der Waals surface area contributed by atoms with Crippen LogP contribution in [0.4, 0.5) is 0 Å². The minimum absolute atomic E-state index is 0.0868. The first kappa shape index (κ1) is 32.7. The monoisotopic (exact) mass is 740 g/mol. The average Bonchev–Trinajstić information content (AvgIpc) is 3.34. The van der Waals surface area contributed by atoms with Gasteiger partial charge in [0.1, 0.15) is 11.5 Å². The zero-order valence-corrected chi connectivity index (χ0v) is 28.4. The SMILES string of the molecule is CCOc1cc(C(=O)Oc2ccc3c(c2)C(I)c2cc(OC(=O)c4cc(OC)c(OC)c(OC)c4)ccc2-3)cc(OC)c1OCC. The number of alkyl halides is 1. The lowest BCUT2D eigenvalue weighted by atomic mass is 10.1. The van der Waals surface area contributed by atoms with Gasteiger partial charge in [-0.15, -0.1) is 0 Å². The first-order valence-corrected chi connectivity index (χ1v) is 15.7. The standard InChI is InChI=1S/C35H33IO10/c1-7-43-30-16-20(15-29(41-5)33(30)44-8-2)35(38)46-22-10-12-24-23-11-9-21(17-25(23)31(36)26(24)18-22)45-34(37)19-13-27(39-3)32(42-6)28(14-19)40-4/h9-18,31H,7-8H2,1-6H3. The van der Waals surface area contributed by atoms with Gasteiger partial charge in [0.05, 0.1) is 56.7 Å². The summed E-state index contributed by atoms with van der Waals surface area (Å²) >= 11 is 2.32. The zero-order chi connectivity index (χ0) is 33.0. The Labute approximate surface area is 280 Å². The smallest absolute Gasteiger partial charge is 0.343 e. The normalized spacial score (nSPS) is 12.8. The van der Waals surface area contributed by atoms with Crippen molar-refractivity contribution in [3.05, 3.63) is 82.9 Å². The van der Waals surface area contributed by atoms with Crippen LogP contribution in [0.25, 0.3) is 11.1 Å². The molecule has 0 spiro atoms. The second kappa shape index (κ2) is 14.2. The number of hydrogen-bond donors (Lipinski definition) is 0. The first-order chi connectivity index (χ1) is 22.3. The van der Waals surface area contributed by atoms with E-state index in [1.165, 1.54) is 40.6 Å². The molecule has 0 heterocycles. The molecule has 1 aliphatic carbocycles. The third-order valence-electron chi connectivity index (χ3n) is 7.27. The molecule has 4 aromatic carbocycles. The highest BCUT2D eigenvalue weighted by molar-refractivity contribution is 14.1. The van der Waals surface area contributed by atoms with Crippen LogP contribution in [0.2, 0.25) is 0 Å². The van der Waals surface area contributed by atoms with Crippen molar-refractivity contribution < 1.29 is 47.5 Å². The fraction of sp³-hybridized carbons (Fsp3) is 0.257. The van der Waals surface area contributed by atoms with Gasteiger partial charge in [-0.05, 0) is 84.6 Å². The van der Waals surface area contributed by atoms with Gasteiger partial charge in [0.25, 0.3) is 0 Å². The van der Waals surface area contributed by atoms with E-state index < -0.39 is 11.9 Å². The molecule has 0 aliphatic heterocycles. The van der Waals surface area contributed by atoms with Gasteiger partial charge in [-0.3, -0.25) is 0 Å². The van der Waals surface area contributed by atoms with Gasteiger partial charge in [0, 0.05) is 0 Å². The second-order valence-corrected chi connectivity index (χ2v) is 11.2. The molecule has 1 unspecified atom stereocenters. The van der Waals surface area contributed by atoms with E-state index in [1.54, 1.807) is 24.3 Å². The summed E-state index contributed by atoms with van der Waals surface area (Å²) < 4.78 is 44.4. The number of methoxy groups -OCH3 is 4. The van der Waals surface area contributed by atoms with Crippen LogP contribution >= 0.6 is 22.6 Å². The molecule has 5 rings (SSSR count). The van der Waals surface area contributed by atoms with Crippen molar-refractivity contribution in [2.24, 2.45) is 0 Å². The van der Waals surface area contributed by atoms with E-state index >= 15 is 0 Å². The van der Waals surface area contributed by atoms with Gasteiger partial charge >= 0.3 is 11.9 Å². The molecule has 0 aromatic heterocycles. The van der Waals surface area contributed by atoms with Crippen LogP contribution in [0.5, 0.6) is 46.0 Å². The highest BCUT2D eigenvalue weighted by Crippen LogP contribution is 2.50. The highest BCUT2D eigenvalue weighted by atomic mass is 127. The Balaban J connectivity index is 1.36. The Hall–Kier alpha value is -4.65. The van der Waals surface area contributed by atoms with Gasteiger partial charge < -0.3 is 37.9 Å². The predicted octanol–water partition coefficient (Wildman–Crippen LogP) is 7.46. The first-order valence-electron chi connectivity index (χ1n) is 14.4. The summed E-state index contributed by atoms with van der Waals surface area (Å²) in [4.78, 5) is 26.4. The molecule has 0 amide bonds. The highest BCUT2D eigenvalue weighted by Gasteiger charge is 2.29. The summed E-state index contributed by atoms with van der Waals surface area (Å²) in [5, 5.41) is 0. The Morgan fingerprint density at radius 3 is 1.43 bits per heavy atom. The Kier molecular flexibility index (Phi) is 10.1. The van der Waals surface area contributed by atoms with Crippen molar-refractivity contribution in [3.8, 4) is 57.1 Å². The summed E-state index contributed by atoms with van der Waals surface area (Å²) in [5.74, 6) is 1.90. The number of carbonyl (C=O) groups excluding carboxylic acids is 2. The van der Waals surface area contributed by atoms with Crippen LogP contribution < -0.4 is 37.9 Å². The fourth-order valence-corrected chi connectivity index (χ4v) is 6.24. The lowest BCUT2D eigenvalue weighted by Crippen LogP contribution is -2.10. The molecule has 0 bridgehead atoms. The molecular formula is C35H33IO10. The number of halogens is 1. The molecule has 11 heteroatoms. The van der Waals surface area contributed by atoms with E-state index in [0.29, 0.717) is 59.2 Å². The molecule has 1 atom stereocenters. The summed E-state index contributed by atoms with van der Waals surface area (Å²) in [7, 11) is 5.95. The summed E-state index contributed by atoms with van der Waals surface area (Å²) in [6, 6.07) is 17.3. The number of ether oxygens (including phenoxy) is 8. The van der Waals surface area contributed by atoms with Crippen molar-refractivity contribution in [2.45, 2.75) is 17.8 Å². The van der Waals surface area contributed by atoms with Gasteiger partial charge in [-0.1, -0.05) is 34.7 Å². The molecule has 0 saturated heterocycles. The minimum Gasteiger partial charge on any atom is -0.493 e. The lowest BCUT2D eigenvalue weighted by Gasteiger charge is -2.16. The largest absolute Gasteiger partial charge is 0.493 e. The quantitative estimate of drug-likeness (QED) is 0.0629. The molecule has 0 radical (unpaired) electrons. The van der Waals surface area contributed by atoms with Crippen LogP contribution in [0.3, 0.4) is 0 Å². The number of fused-ring (bicyclic) bond motifs is 3.